The van der Waals surface area contributed by atoms with Crippen LogP contribution in [0.3, 0.4) is 0 Å². The summed E-state index contributed by atoms with van der Waals surface area (Å²) in [6.45, 7) is 3.29. The van der Waals surface area contributed by atoms with Crippen LogP contribution in [0.1, 0.15) is 32.4 Å². The predicted octanol–water partition coefficient (Wildman–Crippen LogP) is 1.32. The number of carboxylic acid groups (broad SMARTS) is 2. The molecule has 1 aromatic carbocycles. The number of nitrogen functional groups attached to an aromatic ring is 1. The summed E-state index contributed by atoms with van der Waals surface area (Å²) in [5, 5.41) is 22.4. The first kappa shape index (κ1) is 43.2. The predicted molar refractivity (Wildman–Crippen MR) is 176 cm³/mol. The monoisotopic (exact) mass is 812 g/mol. The van der Waals surface area contributed by atoms with Crippen molar-refractivity contribution in [3.63, 3.8) is 0 Å². The summed E-state index contributed by atoms with van der Waals surface area (Å²) in [7, 11) is -3.17. The molecule has 1 fully saturated rings. The van der Waals surface area contributed by atoms with Gasteiger partial charge in [-0.2, -0.15) is 31.3 Å². The van der Waals surface area contributed by atoms with Gasteiger partial charge < -0.3 is 31.3 Å². The highest BCUT2D eigenvalue weighted by molar-refractivity contribution is 7.80. The molecule has 0 spiro atoms. The number of rotatable bonds is 16. The van der Waals surface area contributed by atoms with Crippen molar-refractivity contribution in [2.75, 3.05) is 18.9 Å². The molecule has 1 amide bonds. The van der Waals surface area contributed by atoms with Crippen molar-refractivity contribution in [3.05, 3.63) is 47.5 Å². The van der Waals surface area contributed by atoms with Crippen LogP contribution < -0.4 is 20.9 Å². The zero-order valence-electron chi connectivity index (χ0n) is 28.4. The number of carbonyl (C=O) groups excluding carboxylic acids is 2. The molecule has 1 unspecified atom stereocenters. The first-order valence-electron chi connectivity index (χ1n) is 15.2. The average molecular weight is 813 g/mol. The summed E-state index contributed by atoms with van der Waals surface area (Å²) >= 11 is 0.948. The third-order valence-electron chi connectivity index (χ3n) is 7.52. The van der Waals surface area contributed by atoms with E-state index in [1.807, 2.05) is 28.8 Å². The minimum absolute atomic E-state index is 0.0474. The molecule has 54 heavy (non-hydrogen) atoms. The lowest BCUT2D eigenvalue weighted by Gasteiger charge is -2.50. The largest absolute Gasteiger partial charge is 0.490 e. The topological polar surface area (TPSA) is 280 Å². The first-order chi connectivity index (χ1) is 25.0. The van der Waals surface area contributed by atoms with Gasteiger partial charge in [-0.1, -0.05) is 11.2 Å². The number of aliphatic carboxylic acids is 2. The van der Waals surface area contributed by atoms with Gasteiger partial charge in [-0.05, 0) is 44.5 Å². The number of carboxylic acids is 2. The van der Waals surface area contributed by atoms with Gasteiger partial charge >= 0.3 is 28.5 Å². The number of β-lactam (4-membered cyclic amide) rings is 1. The van der Waals surface area contributed by atoms with Crippen molar-refractivity contribution < 1.29 is 78.5 Å². The first-order valence-corrected chi connectivity index (χ1v) is 17.4. The summed E-state index contributed by atoms with van der Waals surface area (Å²) in [5.74, 6) is -8.18. The van der Waals surface area contributed by atoms with Crippen molar-refractivity contribution >= 4 is 56.2 Å². The molecule has 2 aromatic heterocycles. The Morgan fingerprint density at radius 3 is 2.35 bits per heavy atom. The Balaban J connectivity index is 0.00000102. The fourth-order valence-electron chi connectivity index (χ4n) is 4.70. The highest BCUT2D eigenvalue weighted by Gasteiger charge is 2.57. The Kier molecular flexibility index (Phi) is 13.8. The highest BCUT2D eigenvalue weighted by Crippen LogP contribution is 2.40. The van der Waals surface area contributed by atoms with Crippen molar-refractivity contribution in [1.82, 2.24) is 14.7 Å². The van der Waals surface area contributed by atoms with E-state index in [-0.39, 0.29) is 16.6 Å². The number of nitrogens with two attached hydrogens (primary N) is 2. The smallest absolute Gasteiger partial charge is 0.486 e. The van der Waals surface area contributed by atoms with Gasteiger partial charge in [0, 0.05) is 11.8 Å². The van der Waals surface area contributed by atoms with Gasteiger partial charge in [0.2, 0.25) is 6.20 Å². The van der Waals surface area contributed by atoms with Crippen LogP contribution in [0, 0.1) is 11.7 Å². The molecule has 19 nitrogen and oxygen atoms in total. The van der Waals surface area contributed by atoms with Crippen LogP contribution in [0.5, 0.6) is 5.75 Å². The maximum Gasteiger partial charge on any atom is 0.490 e. The molecule has 2 atom stereocenters. The van der Waals surface area contributed by atoms with Crippen molar-refractivity contribution in [2.24, 2.45) is 23.9 Å². The van der Waals surface area contributed by atoms with Crippen molar-refractivity contribution in [1.29, 1.82) is 0 Å². The second-order valence-electron chi connectivity index (χ2n) is 11.8. The quantitative estimate of drug-likeness (QED) is 0.0341. The van der Waals surface area contributed by atoms with Crippen LogP contribution in [-0.2, 0) is 52.3 Å². The second kappa shape index (κ2) is 17.3. The molecule has 1 saturated heterocycles. The van der Waals surface area contributed by atoms with Crippen molar-refractivity contribution in [3.8, 4) is 16.9 Å². The molecule has 4 rings (SSSR count). The van der Waals surface area contributed by atoms with Gasteiger partial charge in [-0.25, -0.2) is 19.0 Å². The molecule has 0 saturated carbocycles. The molecule has 25 heteroatoms. The van der Waals surface area contributed by atoms with E-state index in [1.165, 1.54) is 31.4 Å². The molecular weight excluding hydrogens is 778 g/mol. The van der Waals surface area contributed by atoms with Gasteiger partial charge in [0.15, 0.2) is 35.2 Å². The maximum atomic E-state index is 15.0. The second-order valence-corrected chi connectivity index (χ2v) is 13.7. The third kappa shape index (κ3) is 11.1. The molecule has 7 N–H and O–H groups in total. The summed E-state index contributed by atoms with van der Waals surface area (Å²) < 4.78 is 91.4. The number of benzene rings is 1. The van der Waals surface area contributed by atoms with Gasteiger partial charge in [0.1, 0.15) is 12.3 Å². The molecule has 0 aliphatic carbocycles. The summed E-state index contributed by atoms with van der Waals surface area (Å²) in [6, 6.07) is 4.18. The number of ether oxygens (including phenoxy) is 1. The number of aryl methyl sites for hydroxylation is 2. The number of thiazole rings is 1. The number of hydrogen-bond acceptors (Lipinski definition) is 14. The SMILES string of the molecule is C[n+]1cc(-c2ccc(OCC(O/N=C(\C(=O)C[C@@H]3C(=O)N(OS(=O)(=O)O)C3(C)C)c3csc(N)n3)C(=O)O)c(F)c2)cn1CCCN.O=C(O)C(F)(F)F. The Morgan fingerprint density at radius 1 is 1.20 bits per heavy atom. The van der Waals surface area contributed by atoms with E-state index in [0.29, 0.717) is 23.7 Å². The van der Waals surface area contributed by atoms with Gasteiger partial charge in [0.05, 0.1) is 29.8 Å². The Morgan fingerprint density at radius 2 is 1.85 bits per heavy atom. The minimum atomic E-state index is -5.08. The number of ketones is 1. The van der Waals surface area contributed by atoms with Crippen LogP contribution in [0.2, 0.25) is 0 Å². The average Bonchev–Trinajstić information content (AvgIpc) is 3.67. The van der Waals surface area contributed by atoms with Crippen LogP contribution in [0.15, 0.2) is 41.1 Å². The van der Waals surface area contributed by atoms with E-state index in [0.717, 1.165) is 23.3 Å². The van der Waals surface area contributed by atoms with Gasteiger partial charge in [0.25, 0.3) is 12.0 Å². The Labute approximate surface area is 307 Å². The van der Waals surface area contributed by atoms with E-state index in [4.69, 9.17) is 35.5 Å². The summed E-state index contributed by atoms with van der Waals surface area (Å²) in [4.78, 5) is 55.8. The number of hydroxylamine groups is 2. The van der Waals surface area contributed by atoms with Crippen LogP contribution in [0.4, 0.5) is 22.7 Å². The fourth-order valence-corrected chi connectivity index (χ4v) is 5.70. The summed E-state index contributed by atoms with van der Waals surface area (Å²) in [5.41, 5.74) is 10.7. The molecule has 1 aliphatic heterocycles. The number of anilines is 1. The molecule has 296 valence electrons. The number of Topliss-reactive ketones (excluding diaryl/α,β-unsaturated/α-hetero) is 1. The Bertz CT molecular complexity index is 2020. The zero-order valence-corrected chi connectivity index (χ0v) is 30.0. The van der Waals surface area contributed by atoms with Crippen LogP contribution in [-0.4, -0.2) is 98.2 Å². The number of aromatic nitrogens is 3. The van der Waals surface area contributed by atoms with Gasteiger partial charge in [-0.15, -0.1) is 20.3 Å². The number of nitrogens with zero attached hydrogens (tertiary/aromatic N) is 5. The number of carbonyl (C=O) groups is 4. The third-order valence-corrected chi connectivity index (χ3v) is 8.53. The van der Waals surface area contributed by atoms with Gasteiger partial charge in [-0.3, -0.25) is 14.1 Å². The normalized spacial score (nSPS) is 16.2. The fraction of sp³-hybridized carbons (Fsp3) is 0.414. The standard InChI is InChI=1S/C27H32FN7O10S2.C2HF3O2/c1-27(2)17(24(37)35(27)45-47(40,41)42)10-20(36)23(19-14-46-26(30)31-19)32-44-22(25(38)39)13-43-21-6-5-15(9-18(21)28)16-11-33(3)34(12-16)8-4-7-29;3-2(4,5)1(6)7/h5-6,9,11-12,14,17,22H,4,7-8,10,13,29H2,1-3H3,(H3-,30,31,38,39,40,41,42);(H,6,7)/p+1/b32-23-;/t17-,22?;/m1./s1. The number of alkyl halides is 3. The number of amides is 1. The van der Waals surface area contributed by atoms with E-state index in [9.17, 15) is 45.5 Å². The minimum Gasteiger partial charge on any atom is -0.486 e. The number of hydrogen-bond donors (Lipinski definition) is 5. The van der Waals surface area contributed by atoms with Crippen LogP contribution >= 0.6 is 11.3 Å². The molecule has 3 aromatic rings. The molecule has 3 heterocycles. The molecule has 0 bridgehead atoms. The summed E-state index contributed by atoms with van der Waals surface area (Å²) in [6.07, 6.45) is -3.02. The lowest BCUT2D eigenvalue weighted by Crippen LogP contribution is -2.68. The number of halogens is 4. The van der Waals surface area contributed by atoms with Crippen LogP contribution in [0.25, 0.3) is 11.1 Å². The van der Waals surface area contributed by atoms with E-state index in [2.05, 4.69) is 14.4 Å². The number of oxime groups is 1. The molecule has 0 radical (unpaired) electrons. The van der Waals surface area contributed by atoms with E-state index in [1.54, 1.807) is 6.07 Å². The molecular formula is C29H34F4N7O12S2+. The Hall–Kier alpha value is -5.24. The van der Waals surface area contributed by atoms with E-state index < -0.39 is 82.3 Å². The highest BCUT2D eigenvalue weighted by atomic mass is 32.3. The van der Waals surface area contributed by atoms with Crippen molar-refractivity contribution in [2.45, 2.75) is 51.1 Å². The lowest BCUT2D eigenvalue weighted by atomic mass is 9.74. The lowest BCUT2D eigenvalue weighted by molar-refractivity contribution is -0.753. The zero-order chi connectivity index (χ0) is 40.8. The van der Waals surface area contributed by atoms with E-state index >= 15 is 0 Å². The molecule has 1 aliphatic rings. The maximum absolute atomic E-state index is 15.0.